The summed E-state index contributed by atoms with van der Waals surface area (Å²) in [7, 11) is 0. The minimum Gasteiger partial charge on any atom is -0.325 e. The summed E-state index contributed by atoms with van der Waals surface area (Å²) in [6, 6.07) is 14.4. The monoisotopic (exact) mass is 381 g/mol. The van der Waals surface area contributed by atoms with Crippen molar-refractivity contribution in [2.45, 2.75) is 20.8 Å². The Labute approximate surface area is 162 Å². The third kappa shape index (κ3) is 3.93. The Morgan fingerprint density at radius 2 is 1.63 bits per heavy atom. The van der Waals surface area contributed by atoms with Gasteiger partial charge in [-0.2, -0.15) is 0 Å². The van der Waals surface area contributed by atoms with Crippen LogP contribution in [0, 0.1) is 12.3 Å². The van der Waals surface area contributed by atoms with Gasteiger partial charge in [0.1, 0.15) is 5.41 Å². The van der Waals surface area contributed by atoms with Gasteiger partial charge in [0, 0.05) is 22.3 Å². The Hall–Kier alpha value is -2.92. The second kappa shape index (κ2) is 7.37. The van der Waals surface area contributed by atoms with Crippen LogP contribution in [0.15, 0.2) is 54.7 Å². The first-order valence-corrected chi connectivity index (χ1v) is 8.89. The first kappa shape index (κ1) is 18.9. The van der Waals surface area contributed by atoms with E-state index >= 15 is 0 Å². The molecule has 3 aromatic rings. The summed E-state index contributed by atoms with van der Waals surface area (Å²) in [5.41, 5.74) is 1.41. The Morgan fingerprint density at radius 3 is 2.33 bits per heavy atom. The van der Waals surface area contributed by atoms with Gasteiger partial charge >= 0.3 is 0 Å². The number of carbonyl (C=O) groups excluding carboxylic acids is 2. The molecule has 138 valence electrons. The number of hydrogen-bond donors (Lipinski definition) is 2. The van der Waals surface area contributed by atoms with E-state index in [0.29, 0.717) is 21.9 Å². The summed E-state index contributed by atoms with van der Waals surface area (Å²) in [6.07, 6.45) is 1.67. The van der Waals surface area contributed by atoms with Crippen LogP contribution >= 0.6 is 11.6 Å². The lowest BCUT2D eigenvalue weighted by Gasteiger charge is -2.23. The number of anilines is 2. The van der Waals surface area contributed by atoms with Crippen LogP contribution in [0.5, 0.6) is 0 Å². The van der Waals surface area contributed by atoms with Gasteiger partial charge < -0.3 is 10.6 Å². The fraction of sp³-hybridized carbons (Fsp3) is 0.190. The molecule has 0 fully saturated rings. The van der Waals surface area contributed by atoms with Crippen molar-refractivity contribution in [2.24, 2.45) is 5.41 Å². The molecule has 6 heteroatoms. The molecule has 3 rings (SSSR count). The fourth-order valence-electron chi connectivity index (χ4n) is 2.63. The molecule has 0 aliphatic heterocycles. The number of para-hydroxylation sites is 1. The molecule has 0 bridgehead atoms. The van der Waals surface area contributed by atoms with Gasteiger partial charge in [0.15, 0.2) is 0 Å². The van der Waals surface area contributed by atoms with Crippen LogP contribution in [0.25, 0.3) is 10.9 Å². The fourth-order valence-corrected chi connectivity index (χ4v) is 2.86. The van der Waals surface area contributed by atoms with E-state index < -0.39 is 17.2 Å². The first-order chi connectivity index (χ1) is 12.8. The van der Waals surface area contributed by atoms with Crippen LogP contribution in [-0.2, 0) is 9.59 Å². The van der Waals surface area contributed by atoms with Gasteiger partial charge in [-0.3, -0.25) is 14.6 Å². The third-order valence-corrected chi connectivity index (χ3v) is 4.69. The highest BCUT2D eigenvalue weighted by Gasteiger charge is 2.36. The molecule has 1 heterocycles. The van der Waals surface area contributed by atoms with E-state index in [2.05, 4.69) is 15.6 Å². The standard InChI is InChI=1S/C21H20ClN3O2/c1-13-12-15(22)9-10-16(13)24-19(26)21(2,3)20(27)25-17-8-4-6-14-7-5-11-23-18(14)17/h4-12H,1-3H3,(H,24,26)(H,25,27). The molecule has 0 unspecified atom stereocenters. The zero-order valence-electron chi connectivity index (χ0n) is 15.3. The number of nitrogens with zero attached hydrogens (tertiary/aromatic N) is 1. The van der Waals surface area contributed by atoms with Crippen LogP contribution < -0.4 is 10.6 Å². The van der Waals surface area contributed by atoms with E-state index in [9.17, 15) is 9.59 Å². The predicted molar refractivity (Wildman–Crippen MR) is 109 cm³/mol. The molecule has 0 aliphatic rings. The van der Waals surface area contributed by atoms with Crippen molar-refractivity contribution in [1.82, 2.24) is 4.98 Å². The average molecular weight is 382 g/mol. The van der Waals surface area contributed by atoms with Gasteiger partial charge in [-0.15, -0.1) is 0 Å². The van der Waals surface area contributed by atoms with E-state index in [4.69, 9.17) is 11.6 Å². The van der Waals surface area contributed by atoms with Gasteiger partial charge in [0.25, 0.3) is 0 Å². The maximum Gasteiger partial charge on any atom is 0.239 e. The van der Waals surface area contributed by atoms with Crippen LogP contribution in [0.2, 0.25) is 5.02 Å². The number of benzene rings is 2. The van der Waals surface area contributed by atoms with Crippen LogP contribution in [0.4, 0.5) is 11.4 Å². The number of fused-ring (bicyclic) bond motifs is 1. The number of rotatable bonds is 4. The van der Waals surface area contributed by atoms with Crippen molar-refractivity contribution in [3.63, 3.8) is 0 Å². The molecule has 0 atom stereocenters. The van der Waals surface area contributed by atoms with E-state index in [1.54, 1.807) is 44.3 Å². The molecule has 27 heavy (non-hydrogen) atoms. The van der Waals surface area contributed by atoms with Crippen molar-refractivity contribution in [1.29, 1.82) is 0 Å². The van der Waals surface area contributed by atoms with Crippen LogP contribution in [0.1, 0.15) is 19.4 Å². The summed E-state index contributed by atoms with van der Waals surface area (Å²) in [5.74, 6) is -0.816. The molecule has 0 saturated carbocycles. The van der Waals surface area contributed by atoms with Crippen molar-refractivity contribution in [3.8, 4) is 0 Å². The molecule has 2 amide bonds. The number of carbonyl (C=O) groups is 2. The van der Waals surface area contributed by atoms with Crippen LogP contribution in [0.3, 0.4) is 0 Å². The molecular formula is C21H20ClN3O2. The normalized spacial score (nSPS) is 11.3. The zero-order chi connectivity index (χ0) is 19.6. The lowest BCUT2D eigenvalue weighted by Crippen LogP contribution is -2.41. The topological polar surface area (TPSA) is 71.1 Å². The van der Waals surface area contributed by atoms with Crippen molar-refractivity contribution in [3.05, 3.63) is 65.3 Å². The molecule has 0 saturated heterocycles. The van der Waals surface area contributed by atoms with Crippen molar-refractivity contribution >= 4 is 45.7 Å². The summed E-state index contributed by atoms with van der Waals surface area (Å²) < 4.78 is 0. The third-order valence-electron chi connectivity index (χ3n) is 4.45. The van der Waals surface area contributed by atoms with Gasteiger partial charge in [0.05, 0.1) is 11.2 Å². The lowest BCUT2D eigenvalue weighted by atomic mass is 9.90. The SMILES string of the molecule is Cc1cc(Cl)ccc1NC(=O)C(C)(C)C(=O)Nc1cccc2cccnc12. The summed E-state index contributed by atoms with van der Waals surface area (Å²) in [4.78, 5) is 29.9. The highest BCUT2D eigenvalue weighted by atomic mass is 35.5. The lowest BCUT2D eigenvalue weighted by molar-refractivity contribution is -0.135. The molecule has 0 radical (unpaired) electrons. The number of halogens is 1. The number of aryl methyl sites for hydroxylation is 1. The summed E-state index contributed by atoms with van der Waals surface area (Å²) >= 11 is 5.95. The van der Waals surface area contributed by atoms with E-state index in [-0.39, 0.29) is 0 Å². The van der Waals surface area contributed by atoms with E-state index in [1.807, 2.05) is 31.2 Å². The number of aromatic nitrogens is 1. The van der Waals surface area contributed by atoms with Gasteiger partial charge in [0.2, 0.25) is 11.8 Å². The Bertz CT molecular complexity index is 1030. The summed E-state index contributed by atoms with van der Waals surface area (Å²) in [6.45, 7) is 5.01. The van der Waals surface area contributed by atoms with Gasteiger partial charge in [-0.1, -0.05) is 29.8 Å². The predicted octanol–water partition coefficient (Wildman–Crippen LogP) is 4.80. The average Bonchev–Trinajstić information content (AvgIpc) is 2.64. The Balaban J connectivity index is 1.81. The van der Waals surface area contributed by atoms with Crippen molar-refractivity contribution in [2.75, 3.05) is 10.6 Å². The highest BCUT2D eigenvalue weighted by Crippen LogP contribution is 2.26. The molecule has 0 aliphatic carbocycles. The van der Waals surface area contributed by atoms with E-state index in [1.165, 1.54) is 0 Å². The van der Waals surface area contributed by atoms with Gasteiger partial charge in [-0.25, -0.2) is 0 Å². The molecule has 2 N–H and O–H groups in total. The first-order valence-electron chi connectivity index (χ1n) is 8.52. The van der Waals surface area contributed by atoms with Gasteiger partial charge in [-0.05, 0) is 56.7 Å². The smallest absolute Gasteiger partial charge is 0.239 e. The molecular weight excluding hydrogens is 362 g/mol. The van der Waals surface area contributed by atoms with E-state index in [0.717, 1.165) is 10.9 Å². The Morgan fingerprint density at radius 1 is 0.963 bits per heavy atom. The van der Waals surface area contributed by atoms with Crippen molar-refractivity contribution < 1.29 is 9.59 Å². The molecule has 0 spiro atoms. The largest absolute Gasteiger partial charge is 0.325 e. The number of nitrogens with one attached hydrogen (secondary N) is 2. The molecule has 1 aromatic heterocycles. The molecule has 5 nitrogen and oxygen atoms in total. The maximum atomic E-state index is 12.8. The molecule has 2 aromatic carbocycles. The minimum absolute atomic E-state index is 0.404. The van der Waals surface area contributed by atoms with Crippen LogP contribution in [-0.4, -0.2) is 16.8 Å². The maximum absolute atomic E-state index is 12.8. The second-order valence-corrected chi connectivity index (χ2v) is 7.31. The zero-order valence-corrected chi connectivity index (χ0v) is 16.1. The Kier molecular flexibility index (Phi) is 5.15. The summed E-state index contributed by atoms with van der Waals surface area (Å²) in [5, 5.41) is 7.14. The number of pyridine rings is 1. The quantitative estimate of drug-likeness (QED) is 0.637. The number of amides is 2. The highest BCUT2D eigenvalue weighted by molar-refractivity contribution is 6.30. The minimum atomic E-state index is -1.29. The second-order valence-electron chi connectivity index (χ2n) is 6.87. The number of hydrogen-bond acceptors (Lipinski definition) is 3.